The van der Waals surface area contributed by atoms with Crippen LogP contribution >= 0.6 is 12.2 Å². The van der Waals surface area contributed by atoms with Crippen molar-refractivity contribution in [2.45, 2.75) is 13.0 Å². The van der Waals surface area contributed by atoms with Crippen molar-refractivity contribution >= 4 is 35.0 Å². The standard InChI is InChI=1S/C27H28FN7O4S/c1-15-14-39-25-22-17(11-19(28)23(25)33-8-6-32(2)7-9-33)24(37)18(13-34(15)22)26-30-31-27(40)35(26)29-12-16-4-5-20(36)21(10-16)38-3/h4-5,10-13,15,36H,6-9,14H2,1-3H3,(H,31,40)/b29-12+. The number of phenolic OH excluding ortho intramolecular Hbond substituents is 1. The van der Waals surface area contributed by atoms with Crippen LogP contribution in [0, 0.1) is 10.6 Å². The number of methoxy groups -OCH3 is 1. The fourth-order valence-electron chi connectivity index (χ4n) is 5.17. The van der Waals surface area contributed by atoms with Crippen molar-refractivity contribution in [3.63, 3.8) is 0 Å². The molecule has 1 atom stereocenters. The molecule has 0 radical (unpaired) electrons. The maximum absolute atomic E-state index is 15.7. The molecule has 0 aliphatic carbocycles. The molecule has 0 spiro atoms. The lowest BCUT2D eigenvalue weighted by molar-refractivity contribution is 0.245. The molecule has 40 heavy (non-hydrogen) atoms. The van der Waals surface area contributed by atoms with Crippen molar-refractivity contribution in [2.75, 3.05) is 51.8 Å². The van der Waals surface area contributed by atoms with E-state index in [-0.39, 0.29) is 39.1 Å². The number of hydrogen-bond donors (Lipinski definition) is 2. The van der Waals surface area contributed by atoms with E-state index in [2.05, 4.69) is 20.2 Å². The van der Waals surface area contributed by atoms with Gasteiger partial charge in [0.05, 0.1) is 35.8 Å². The smallest absolute Gasteiger partial charge is 0.216 e. The topological polar surface area (TPSA) is 113 Å². The summed E-state index contributed by atoms with van der Waals surface area (Å²) in [7, 11) is 3.49. The molecule has 0 bridgehead atoms. The molecule has 4 aromatic rings. The Morgan fingerprint density at radius 2 is 2.05 bits per heavy atom. The van der Waals surface area contributed by atoms with E-state index < -0.39 is 11.2 Å². The summed E-state index contributed by atoms with van der Waals surface area (Å²) < 4.78 is 30.4. The van der Waals surface area contributed by atoms with Crippen molar-refractivity contribution in [1.29, 1.82) is 0 Å². The first-order chi connectivity index (χ1) is 19.3. The predicted octanol–water partition coefficient (Wildman–Crippen LogP) is 3.36. The largest absolute Gasteiger partial charge is 0.504 e. The van der Waals surface area contributed by atoms with Crippen molar-refractivity contribution in [3.8, 4) is 28.6 Å². The number of pyridine rings is 1. The molecule has 0 amide bonds. The number of phenols is 1. The maximum atomic E-state index is 15.7. The third-order valence-electron chi connectivity index (χ3n) is 7.38. The van der Waals surface area contributed by atoms with Gasteiger partial charge in [0.2, 0.25) is 10.2 Å². The molecular formula is C27H28FN7O4S. The summed E-state index contributed by atoms with van der Waals surface area (Å²) in [4.78, 5) is 18.0. The minimum atomic E-state index is -0.499. The zero-order valence-corrected chi connectivity index (χ0v) is 23.0. The van der Waals surface area contributed by atoms with Crippen molar-refractivity contribution in [1.82, 2.24) is 24.3 Å². The Hall–Kier alpha value is -4.23. The summed E-state index contributed by atoms with van der Waals surface area (Å²) in [6.45, 7) is 5.23. The fourth-order valence-corrected chi connectivity index (χ4v) is 5.35. The molecular weight excluding hydrogens is 537 g/mol. The second-order valence-electron chi connectivity index (χ2n) is 10.0. The minimum absolute atomic E-state index is 0.00102. The Kier molecular flexibility index (Phi) is 6.55. The summed E-state index contributed by atoms with van der Waals surface area (Å²) in [5.41, 5.74) is 1.38. The van der Waals surface area contributed by atoms with Crippen molar-refractivity contribution in [3.05, 3.63) is 56.8 Å². The summed E-state index contributed by atoms with van der Waals surface area (Å²) in [5, 5.41) is 21.5. The number of aromatic amines is 1. The first-order valence-electron chi connectivity index (χ1n) is 12.8. The van der Waals surface area contributed by atoms with Gasteiger partial charge >= 0.3 is 0 Å². The lowest BCUT2D eigenvalue weighted by Crippen LogP contribution is -2.45. The van der Waals surface area contributed by atoms with Crippen LogP contribution in [0.5, 0.6) is 17.2 Å². The molecule has 2 aromatic heterocycles. The van der Waals surface area contributed by atoms with Gasteiger partial charge < -0.3 is 28.9 Å². The van der Waals surface area contributed by atoms with Crippen LogP contribution in [0.15, 0.2) is 40.4 Å². The second kappa shape index (κ2) is 10.1. The summed E-state index contributed by atoms with van der Waals surface area (Å²) in [6.07, 6.45) is 3.23. The average molecular weight is 566 g/mol. The number of nitrogens with one attached hydrogen (secondary N) is 1. The van der Waals surface area contributed by atoms with Gasteiger partial charge in [-0.05, 0) is 56.0 Å². The van der Waals surface area contributed by atoms with Crippen LogP contribution in [0.3, 0.4) is 0 Å². The van der Waals surface area contributed by atoms with Crippen LogP contribution in [0.25, 0.3) is 22.3 Å². The van der Waals surface area contributed by atoms with Crippen LogP contribution in [-0.4, -0.2) is 82.6 Å². The molecule has 4 heterocycles. The first-order valence-corrected chi connectivity index (χ1v) is 13.2. The number of aromatic nitrogens is 4. The molecule has 0 saturated carbocycles. The van der Waals surface area contributed by atoms with Gasteiger partial charge in [-0.2, -0.15) is 14.9 Å². The van der Waals surface area contributed by atoms with Gasteiger partial charge in [-0.25, -0.2) is 9.49 Å². The lowest BCUT2D eigenvalue weighted by Gasteiger charge is -2.37. The van der Waals surface area contributed by atoms with Gasteiger partial charge in [0.25, 0.3) is 0 Å². The molecule has 1 saturated heterocycles. The number of anilines is 1. The third-order valence-corrected chi connectivity index (χ3v) is 7.64. The van der Waals surface area contributed by atoms with E-state index in [1.165, 1.54) is 30.1 Å². The molecule has 2 aliphatic rings. The van der Waals surface area contributed by atoms with E-state index in [4.69, 9.17) is 21.7 Å². The number of hydrogen-bond acceptors (Lipinski definition) is 9. The van der Waals surface area contributed by atoms with E-state index in [0.29, 0.717) is 42.2 Å². The third kappa shape index (κ3) is 4.31. The number of H-pyrrole nitrogens is 1. The highest BCUT2D eigenvalue weighted by molar-refractivity contribution is 7.71. The van der Waals surface area contributed by atoms with Crippen LogP contribution in [0.1, 0.15) is 18.5 Å². The number of aromatic hydroxyl groups is 1. The Bertz CT molecular complexity index is 1770. The average Bonchev–Trinajstić information content (AvgIpc) is 3.31. The maximum Gasteiger partial charge on any atom is 0.216 e. The van der Waals surface area contributed by atoms with Gasteiger partial charge in [0.1, 0.15) is 12.3 Å². The number of rotatable bonds is 5. The van der Waals surface area contributed by atoms with E-state index in [1.54, 1.807) is 18.3 Å². The lowest BCUT2D eigenvalue weighted by atomic mass is 10.0. The monoisotopic (exact) mass is 565 g/mol. The normalized spacial score (nSPS) is 17.5. The molecule has 6 rings (SSSR count). The van der Waals surface area contributed by atoms with Crippen molar-refractivity contribution < 1.29 is 19.0 Å². The van der Waals surface area contributed by atoms with E-state index in [9.17, 15) is 9.90 Å². The SMILES string of the molecule is COc1cc(/C=N/n2c(-c3cn4c5c(c(N6CCN(C)CC6)c(F)cc5c3=O)OCC4C)n[nH]c2=S)ccc1O. The molecule has 1 unspecified atom stereocenters. The molecule has 13 heteroatoms. The quantitative estimate of drug-likeness (QED) is 0.280. The Balaban J connectivity index is 1.49. The molecule has 1 fully saturated rings. The highest BCUT2D eigenvalue weighted by Gasteiger charge is 2.31. The molecule has 11 nitrogen and oxygen atoms in total. The zero-order valence-electron chi connectivity index (χ0n) is 22.2. The van der Waals surface area contributed by atoms with Crippen LogP contribution in [0.2, 0.25) is 0 Å². The Labute approximate surface area is 233 Å². The Morgan fingerprint density at radius 1 is 1.27 bits per heavy atom. The van der Waals surface area contributed by atoms with Gasteiger partial charge in [-0.15, -0.1) is 0 Å². The zero-order chi connectivity index (χ0) is 28.1. The van der Waals surface area contributed by atoms with Gasteiger partial charge in [-0.1, -0.05) is 0 Å². The van der Waals surface area contributed by atoms with Crippen molar-refractivity contribution in [2.24, 2.45) is 5.10 Å². The van der Waals surface area contributed by atoms with E-state index in [0.717, 1.165) is 13.1 Å². The number of piperazine rings is 1. The second-order valence-corrected chi connectivity index (χ2v) is 10.4. The van der Waals surface area contributed by atoms with Gasteiger partial charge in [0, 0.05) is 32.4 Å². The predicted molar refractivity (Wildman–Crippen MR) is 152 cm³/mol. The van der Waals surface area contributed by atoms with Crippen LogP contribution < -0.4 is 19.8 Å². The first kappa shape index (κ1) is 26.0. The highest BCUT2D eigenvalue weighted by atomic mass is 32.1. The summed E-state index contributed by atoms with van der Waals surface area (Å²) in [6, 6.07) is 5.93. The number of ether oxygens (including phenoxy) is 2. The van der Waals surface area contributed by atoms with Crippen LogP contribution in [-0.2, 0) is 0 Å². The Morgan fingerprint density at radius 3 is 2.80 bits per heavy atom. The van der Waals surface area contributed by atoms with E-state index in [1.807, 2.05) is 23.4 Å². The number of benzene rings is 2. The summed E-state index contributed by atoms with van der Waals surface area (Å²) in [5.74, 6) is 0.363. The number of likely N-dealkylation sites (N-methyl/N-ethyl adjacent to an activating group) is 1. The van der Waals surface area contributed by atoms with Crippen LogP contribution in [0.4, 0.5) is 10.1 Å². The van der Waals surface area contributed by atoms with Gasteiger partial charge in [0.15, 0.2) is 28.9 Å². The summed E-state index contributed by atoms with van der Waals surface area (Å²) >= 11 is 5.40. The fraction of sp³-hybridized carbons (Fsp3) is 0.333. The van der Waals surface area contributed by atoms with Gasteiger partial charge in [-0.3, -0.25) is 4.79 Å². The minimum Gasteiger partial charge on any atom is -0.504 e. The molecule has 2 N–H and O–H groups in total. The molecule has 2 aliphatic heterocycles. The molecule has 208 valence electrons. The highest BCUT2D eigenvalue weighted by Crippen LogP contribution is 2.42. The van der Waals surface area contributed by atoms with E-state index >= 15 is 4.39 Å². The number of nitrogens with zero attached hydrogens (tertiary/aromatic N) is 6. The number of halogens is 1. The molecule has 2 aromatic carbocycles.